The van der Waals surface area contributed by atoms with Gasteiger partial charge in [-0.05, 0) is 46.0 Å². The summed E-state index contributed by atoms with van der Waals surface area (Å²) in [6.45, 7) is 0.966. The Morgan fingerprint density at radius 3 is 2.00 bits per heavy atom. The van der Waals surface area contributed by atoms with Crippen LogP contribution in [0.5, 0.6) is 5.75 Å². The molecule has 3 aromatic carbocycles. The molecule has 1 aliphatic rings. The topological polar surface area (TPSA) is 72.6 Å². The first-order valence-corrected chi connectivity index (χ1v) is 9.74. The lowest BCUT2D eigenvalue weighted by molar-refractivity contribution is -0.127. The van der Waals surface area contributed by atoms with Crippen molar-refractivity contribution in [3.63, 3.8) is 0 Å². The van der Waals surface area contributed by atoms with E-state index in [9.17, 15) is 9.59 Å². The van der Waals surface area contributed by atoms with Crippen LogP contribution >= 0.6 is 0 Å². The van der Waals surface area contributed by atoms with Crippen molar-refractivity contribution in [2.24, 2.45) is 5.73 Å². The van der Waals surface area contributed by atoms with Crippen molar-refractivity contribution >= 4 is 17.9 Å². The number of benzene rings is 3. The van der Waals surface area contributed by atoms with E-state index in [4.69, 9.17) is 10.5 Å². The number of nitrogens with two attached hydrogens (primary N) is 1. The number of carbonyl (C=O) groups excluding carboxylic acids is 2. The second-order valence-electron chi connectivity index (χ2n) is 7.17. The smallest absolute Gasteiger partial charge is 0.255 e. The highest BCUT2D eigenvalue weighted by molar-refractivity contribution is 5.92. The molecule has 5 heteroatoms. The molecule has 0 unspecified atom stereocenters. The van der Waals surface area contributed by atoms with E-state index in [1.54, 1.807) is 24.3 Å². The number of fused-ring (bicyclic) bond motifs is 3. The average Bonchev–Trinajstić information content (AvgIpc) is 2.94. The van der Waals surface area contributed by atoms with E-state index < -0.39 is 5.91 Å². The third-order valence-corrected chi connectivity index (χ3v) is 5.04. The lowest BCUT2D eigenvalue weighted by atomic mass is 9.97. The van der Waals surface area contributed by atoms with Crippen molar-refractivity contribution in [1.82, 2.24) is 4.90 Å². The van der Waals surface area contributed by atoms with Crippen molar-refractivity contribution in [2.45, 2.75) is 13.1 Å². The quantitative estimate of drug-likeness (QED) is 0.665. The number of hydrogen-bond donors (Lipinski definition) is 1. The van der Waals surface area contributed by atoms with Crippen LogP contribution in [0.4, 0.5) is 0 Å². The van der Waals surface area contributed by atoms with Gasteiger partial charge >= 0.3 is 0 Å². The predicted molar refractivity (Wildman–Crippen MR) is 116 cm³/mol. The van der Waals surface area contributed by atoms with E-state index in [1.165, 1.54) is 11.1 Å². The van der Waals surface area contributed by atoms with Crippen molar-refractivity contribution in [3.8, 4) is 16.9 Å². The van der Waals surface area contributed by atoms with E-state index in [0.717, 1.165) is 16.7 Å². The number of hydrogen-bond acceptors (Lipinski definition) is 3. The molecule has 0 saturated heterocycles. The SMILES string of the molecule is NC(=O)COc1ccc(/C=C/C(=O)N2Cc3ccccc3-c3ccccc3C2)cc1. The first-order chi connectivity index (χ1) is 14.6. The molecule has 30 heavy (non-hydrogen) atoms. The maximum atomic E-state index is 13.0. The summed E-state index contributed by atoms with van der Waals surface area (Å²) in [5, 5.41) is 0. The monoisotopic (exact) mass is 398 g/mol. The lowest BCUT2D eigenvalue weighted by Gasteiger charge is -2.19. The maximum absolute atomic E-state index is 13.0. The Labute approximate surface area is 175 Å². The van der Waals surface area contributed by atoms with Gasteiger partial charge in [0.25, 0.3) is 5.91 Å². The summed E-state index contributed by atoms with van der Waals surface area (Å²) in [4.78, 5) is 25.6. The highest BCUT2D eigenvalue weighted by atomic mass is 16.5. The van der Waals surface area contributed by atoms with Gasteiger partial charge in [0, 0.05) is 19.2 Å². The molecule has 0 bridgehead atoms. The fourth-order valence-corrected chi connectivity index (χ4v) is 3.57. The van der Waals surface area contributed by atoms with Crippen LogP contribution in [0, 0.1) is 0 Å². The Kier molecular flexibility index (Phi) is 5.61. The molecule has 3 aromatic rings. The molecule has 1 aliphatic heterocycles. The van der Waals surface area contributed by atoms with Gasteiger partial charge in [-0.2, -0.15) is 0 Å². The Morgan fingerprint density at radius 2 is 1.43 bits per heavy atom. The predicted octanol–water partition coefficient (Wildman–Crippen LogP) is 3.77. The van der Waals surface area contributed by atoms with Crippen molar-refractivity contribution in [1.29, 1.82) is 0 Å². The molecule has 2 amide bonds. The molecule has 0 saturated carbocycles. The van der Waals surface area contributed by atoms with E-state index in [2.05, 4.69) is 24.3 Å². The Bertz CT molecular complexity index is 1060. The van der Waals surface area contributed by atoms with Crippen LogP contribution in [0.1, 0.15) is 16.7 Å². The number of amides is 2. The van der Waals surface area contributed by atoms with Crippen LogP contribution < -0.4 is 10.5 Å². The van der Waals surface area contributed by atoms with Crippen LogP contribution in [-0.2, 0) is 22.7 Å². The van der Waals surface area contributed by atoms with Gasteiger partial charge in [0.2, 0.25) is 5.91 Å². The second-order valence-corrected chi connectivity index (χ2v) is 7.17. The van der Waals surface area contributed by atoms with E-state index in [1.807, 2.05) is 41.3 Å². The number of carbonyl (C=O) groups is 2. The molecule has 5 nitrogen and oxygen atoms in total. The molecule has 1 heterocycles. The van der Waals surface area contributed by atoms with Gasteiger partial charge < -0.3 is 15.4 Å². The molecule has 0 radical (unpaired) electrons. The Morgan fingerprint density at radius 1 is 0.867 bits per heavy atom. The Hall–Kier alpha value is -3.86. The van der Waals surface area contributed by atoms with Crippen LogP contribution in [0.15, 0.2) is 78.9 Å². The normalized spacial score (nSPS) is 12.7. The molecule has 4 rings (SSSR count). The first kappa shape index (κ1) is 19.5. The minimum Gasteiger partial charge on any atom is -0.484 e. The molecule has 150 valence electrons. The maximum Gasteiger partial charge on any atom is 0.255 e. The molecule has 2 N–H and O–H groups in total. The molecule has 0 atom stereocenters. The highest BCUT2D eigenvalue weighted by Gasteiger charge is 2.21. The van der Waals surface area contributed by atoms with Crippen molar-refractivity contribution in [2.75, 3.05) is 6.61 Å². The third kappa shape index (κ3) is 4.41. The van der Waals surface area contributed by atoms with Gasteiger partial charge in [-0.25, -0.2) is 0 Å². The summed E-state index contributed by atoms with van der Waals surface area (Å²) in [5.74, 6) is -0.0151. The van der Waals surface area contributed by atoms with E-state index in [-0.39, 0.29) is 12.5 Å². The van der Waals surface area contributed by atoms with Gasteiger partial charge in [0.1, 0.15) is 5.75 Å². The highest BCUT2D eigenvalue weighted by Crippen LogP contribution is 2.32. The number of rotatable bonds is 5. The lowest BCUT2D eigenvalue weighted by Crippen LogP contribution is -2.27. The van der Waals surface area contributed by atoms with Crippen molar-refractivity contribution < 1.29 is 14.3 Å². The molecule has 0 fully saturated rings. The molecular formula is C25H22N2O3. The van der Waals surface area contributed by atoms with Gasteiger partial charge in [0.05, 0.1) is 0 Å². The van der Waals surface area contributed by atoms with E-state index >= 15 is 0 Å². The van der Waals surface area contributed by atoms with Crippen LogP contribution in [0.3, 0.4) is 0 Å². The summed E-state index contributed by atoms with van der Waals surface area (Å²) >= 11 is 0. The Balaban J connectivity index is 1.51. The number of ether oxygens (including phenoxy) is 1. The number of primary amides is 1. The molecular weight excluding hydrogens is 376 g/mol. The van der Waals surface area contributed by atoms with Gasteiger partial charge in [-0.1, -0.05) is 60.7 Å². The van der Waals surface area contributed by atoms with Crippen LogP contribution in [0.2, 0.25) is 0 Å². The zero-order valence-corrected chi connectivity index (χ0v) is 16.5. The summed E-state index contributed by atoms with van der Waals surface area (Å²) in [6.07, 6.45) is 3.37. The standard InChI is InChI=1S/C25H22N2O3/c26-24(28)17-30-21-12-9-18(10-13-21)11-14-25(29)27-15-19-5-1-3-7-22(19)23-8-4-2-6-20(23)16-27/h1-14H,15-17H2,(H2,26,28)/b14-11+. The van der Waals surface area contributed by atoms with Gasteiger partial charge in [-0.3, -0.25) is 9.59 Å². The zero-order chi connectivity index (χ0) is 20.9. The summed E-state index contributed by atoms with van der Waals surface area (Å²) < 4.78 is 5.25. The van der Waals surface area contributed by atoms with Crippen LogP contribution in [-0.4, -0.2) is 23.3 Å². The first-order valence-electron chi connectivity index (χ1n) is 9.74. The van der Waals surface area contributed by atoms with Gasteiger partial charge in [-0.15, -0.1) is 0 Å². The summed E-state index contributed by atoms with van der Waals surface area (Å²) in [5.41, 5.74) is 10.6. The fourth-order valence-electron chi connectivity index (χ4n) is 3.57. The summed E-state index contributed by atoms with van der Waals surface area (Å²) in [6, 6.07) is 23.6. The minimum atomic E-state index is -0.523. The molecule has 0 spiro atoms. The summed E-state index contributed by atoms with van der Waals surface area (Å²) in [7, 11) is 0. The van der Waals surface area contributed by atoms with Crippen molar-refractivity contribution in [3.05, 3.63) is 95.6 Å². The number of nitrogens with zero attached hydrogens (tertiary/aromatic N) is 1. The second kappa shape index (κ2) is 8.66. The minimum absolute atomic E-state index is 0.0458. The molecule has 0 aliphatic carbocycles. The zero-order valence-electron chi connectivity index (χ0n) is 16.5. The fraction of sp³-hybridized carbons (Fsp3) is 0.120. The van der Waals surface area contributed by atoms with E-state index in [0.29, 0.717) is 18.8 Å². The van der Waals surface area contributed by atoms with Gasteiger partial charge in [0.15, 0.2) is 6.61 Å². The van der Waals surface area contributed by atoms with Crippen LogP contribution in [0.25, 0.3) is 17.2 Å². The molecule has 0 aromatic heterocycles. The largest absolute Gasteiger partial charge is 0.484 e. The average molecular weight is 398 g/mol. The third-order valence-electron chi connectivity index (χ3n) is 5.04.